The molecule has 0 saturated carbocycles. The second kappa shape index (κ2) is 9.55. The molecule has 0 aliphatic carbocycles. The normalized spacial score (nSPS) is 14.0. The minimum atomic E-state index is -0.927. The van der Waals surface area contributed by atoms with E-state index in [1.165, 1.54) is 20.8 Å². The van der Waals surface area contributed by atoms with E-state index in [1.54, 1.807) is 6.92 Å². The molecule has 0 fully saturated rings. The summed E-state index contributed by atoms with van der Waals surface area (Å²) in [5, 5.41) is 4.77. The Bertz CT molecular complexity index is 426. The molecule has 126 valence electrons. The standard InChI is InChI=1S/C12H23N5O5/c1-5-22-12(21)17-16-11(20)8(4)15-10(19)7(3)14-9(18)6(2)13/h6-8H,5,13H2,1-4H3,(H,14,18)(H,15,19)(H,16,20)(H,17,21). The van der Waals surface area contributed by atoms with E-state index in [4.69, 9.17) is 5.73 Å². The summed E-state index contributed by atoms with van der Waals surface area (Å²) in [6.07, 6.45) is -0.813. The van der Waals surface area contributed by atoms with Crippen molar-refractivity contribution in [3.8, 4) is 0 Å². The van der Waals surface area contributed by atoms with Gasteiger partial charge in [-0.25, -0.2) is 10.2 Å². The monoisotopic (exact) mass is 317 g/mol. The van der Waals surface area contributed by atoms with Crippen LogP contribution in [0.15, 0.2) is 0 Å². The number of hydrazine groups is 1. The number of amides is 4. The van der Waals surface area contributed by atoms with Crippen molar-refractivity contribution in [2.75, 3.05) is 6.61 Å². The van der Waals surface area contributed by atoms with E-state index in [9.17, 15) is 19.2 Å². The van der Waals surface area contributed by atoms with Gasteiger partial charge in [-0.2, -0.15) is 0 Å². The molecule has 22 heavy (non-hydrogen) atoms. The average molecular weight is 317 g/mol. The van der Waals surface area contributed by atoms with Crippen LogP contribution >= 0.6 is 0 Å². The fourth-order valence-electron chi connectivity index (χ4n) is 1.20. The number of hydrogen-bond acceptors (Lipinski definition) is 6. The summed E-state index contributed by atoms with van der Waals surface area (Å²) in [6.45, 7) is 6.13. The Morgan fingerprint density at radius 2 is 1.41 bits per heavy atom. The van der Waals surface area contributed by atoms with E-state index < -0.39 is 41.9 Å². The minimum Gasteiger partial charge on any atom is -0.449 e. The topological polar surface area (TPSA) is 152 Å². The Kier molecular flexibility index (Phi) is 8.53. The zero-order valence-corrected chi connectivity index (χ0v) is 13.1. The Balaban J connectivity index is 4.25. The van der Waals surface area contributed by atoms with Crippen molar-refractivity contribution in [1.29, 1.82) is 0 Å². The number of carbonyl (C=O) groups is 4. The van der Waals surface area contributed by atoms with Crippen LogP contribution in [0.5, 0.6) is 0 Å². The van der Waals surface area contributed by atoms with Gasteiger partial charge in [0.15, 0.2) is 0 Å². The lowest BCUT2D eigenvalue weighted by molar-refractivity contribution is -0.131. The second-order valence-electron chi connectivity index (χ2n) is 4.58. The maximum atomic E-state index is 11.8. The first-order chi connectivity index (χ1) is 10.2. The van der Waals surface area contributed by atoms with Crippen molar-refractivity contribution in [1.82, 2.24) is 21.5 Å². The van der Waals surface area contributed by atoms with E-state index in [0.29, 0.717) is 0 Å². The van der Waals surface area contributed by atoms with E-state index in [0.717, 1.165) is 0 Å². The first kappa shape index (κ1) is 19.6. The molecule has 0 aromatic rings. The van der Waals surface area contributed by atoms with Gasteiger partial charge in [0.25, 0.3) is 5.91 Å². The van der Waals surface area contributed by atoms with Gasteiger partial charge < -0.3 is 21.1 Å². The molecule has 0 bridgehead atoms. The van der Waals surface area contributed by atoms with Crippen molar-refractivity contribution in [3.63, 3.8) is 0 Å². The summed E-state index contributed by atoms with van der Waals surface area (Å²) >= 11 is 0. The summed E-state index contributed by atoms with van der Waals surface area (Å²) in [6, 6.07) is -2.53. The van der Waals surface area contributed by atoms with Gasteiger partial charge in [0, 0.05) is 0 Å². The van der Waals surface area contributed by atoms with E-state index in [-0.39, 0.29) is 6.61 Å². The zero-order chi connectivity index (χ0) is 17.3. The van der Waals surface area contributed by atoms with Crippen molar-refractivity contribution in [2.45, 2.75) is 45.8 Å². The Labute approximate surface area is 128 Å². The SMILES string of the molecule is CCOC(=O)NNC(=O)C(C)NC(=O)C(C)NC(=O)C(C)N. The molecule has 3 atom stereocenters. The summed E-state index contributed by atoms with van der Waals surface area (Å²) in [5.41, 5.74) is 9.47. The van der Waals surface area contributed by atoms with Gasteiger partial charge in [0.2, 0.25) is 11.8 Å². The Morgan fingerprint density at radius 3 is 1.91 bits per heavy atom. The highest BCUT2D eigenvalue weighted by atomic mass is 16.5. The largest absolute Gasteiger partial charge is 0.449 e. The zero-order valence-electron chi connectivity index (χ0n) is 13.1. The molecule has 4 amide bonds. The molecule has 0 aliphatic heterocycles. The molecule has 0 aliphatic rings. The molecule has 0 heterocycles. The molecule has 0 rings (SSSR count). The van der Waals surface area contributed by atoms with Crippen LogP contribution in [0.1, 0.15) is 27.7 Å². The van der Waals surface area contributed by atoms with E-state index in [1.807, 2.05) is 5.43 Å². The van der Waals surface area contributed by atoms with Gasteiger partial charge in [-0.05, 0) is 27.7 Å². The summed E-state index contributed by atoms with van der Waals surface area (Å²) in [5.74, 6) is -1.69. The summed E-state index contributed by atoms with van der Waals surface area (Å²) in [4.78, 5) is 45.8. The number of carbonyl (C=O) groups excluding carboxylic acids is 4. The highest BCUT2D eigenvalue weighted by molar-refractivity contribution is 5.92. The number of hydrogen-bond donors (Lipinski definition) is 5. The van der Waals surface area contributed by atoms with E-state index in [2.05, 4.69) is 20.8 Å². The first-order valence-corrected chi connectivity index (χ1v) is 6.78. The molecule has 3 unspecified atom stereocenters. The average Bonchev–Trinajstić information content (AvgIpc) is 2.44. The van der Waals surface area contributed by atoms with Crippen molar-refractivity contribution in [2.24, 2.45) is 5.73 Å². The van der Waals surface area contributed by atoms with Crippen LogP contribution in [0, 0.1) is 0 Å². The molecule has 0 aromatic heterocycles. The van der Waals surface area contributed by atoms with Gasteiger partial charge in [0.1, 0.15) is 12.1 Å². The van der Waals surface area contributed by atoms with Crippen molar-refractivity contribution in [3.05, 3.63) is 0 Å². The lowest BCUT2D eigenvalue weighted by Gasteiger charge is -2.19. The third-order valence-electron chi connectivity index (χ3n) is 2.48. The van der Waals surface area contributed by atoms with Gasteiger partial charge >= 0.3 is 6.09 Å². The number of rotatable bonds is 6. The summed E-state index contributed by atoms with van der Waals surface area (Å²) < 4.78 is 4.55. The molecule has 0 saturated heterocycles. The lowest BCUT2D eigenvalue weighted by atomic mass is 10.2. The maximum absolute atomic E-state index is 11.8. The smallest absolute Gasteiger partial charge is 0.426 e. The fourth-order valence-corrected chi connectivity index (χ4v) is 1.20. The third-order valence-corrected chi connectivity index (χ3v) is 2.48. The number of nitrogens with two attached hydrogens (primary N) is 1. The molecule has 6 N–H and O–H groups in total. The Morgan fingerprint density at radius 1 is 0.909 bits per heavy atom. The Hall–Kier alpha value is -2.36. The molecule has 0 spiro atoms. The quantitative estimate of drug-likeness (QED) is 0.362. The van der Waals surface area contributed by atoms with Crippen molar-refractivity contribution < 1.29 is 23.9 Å². The minimum absolute atomic E-state index is 0.158. The van der Waals surface area contributed by atoms with Crippen LogP contribution in [-0.2, 0) is 19.1 Å². The van der Waals surface area contributed by atoms with Crippen LogP contribution in [0.3, 0.4) is 0 Å². The van der Waals surface area contributed by atoms with Gasteiger partial charge in [-0.15, -0.1) is 0 Å². The molecule has 10 heteroatoms. The highest BCUT2D eigenvalue weighted by Gasteiger charge is 2.22. The van der Waals surface area contributed by atoms with Gasteiger partial charge in [-0.1, -0.05) is 0 Å². The lowest BCUT2D eigenvalue weighted by Crippen LogP contribution is -2.55. The van der Waals surface area contributed by atoms with Gasteiger partial charge in [0.05, 0.1) is 12.6 Å². The fraction of sp³-hybridized carbons (Fsp3) is 0.667. The van der Waals surface area contributed by atoms with Crippen LogP contribution in [0.4, 0.5) is 4.79 Å². The third kappa shape index (κ3) is 7.43. The molecule has 0 aromatic carbocycles. The molecule has 0 radical (unpaired) electrons. The molecular weight excluding hydrogens is 294 g/mol. The molecular formula is C12H23N5O5. The maximum Gasteiger partial charge on any atom is 0.426 e. The highest BCUT2D eigenvalue weighted by Crippen LogP contribution is 1.89. The molecule has 10 nitrogen and oxygen atoms in total. The van der Waals surface area contributed by atoms with Crippen LogP contribution in [0.25, 0.3) is 0 Å². The van der Waals surface area contributed by atoms with Crippen molar-refractivity contribution >= 4 is 23.8 Å². The number of ether oxygens (including phenoxy) is 1. The van der Waals surface area contributed by atoms with Gasteiger partial charge in [-0.3, -0.25) is 19.8 Å². The van der Waals surface area contributed by atoms with Crippen LogP contribution in [-0.4, -0.2) is 48.5 Å². The predicted octanol–water partition coefficient (Wildman–Crippen LogP) is -1.88. The number of nitrogens with one attached hydrogen (secondary N) is 4. The second-order valence-corrected chi connectivity index (χ2v) is 4.58. The predicted molar refractivity (Wildman–Crippen MR) is 77.2 cm³/mol. The van der Waals surface area contributed by atoms with Crippen LogP contribution < -0.4 is 27.2 Å². The first-order valence-electron chi connectivity index (χ1n) is 6.78. The van der Waals surface area contributed by atoms with Crippen LogP contribution in [0.2, 0.25) is 0 Å². The van der Waals surface area contributed by atoms with E-state index >= 15 is 0 Å². The summed E-state index contributed by atoms with van der Waals surface area (Å²) in [7, 11) is 0.